The normalized spacial score (nSPS) is 11.8. The van der Waals surface area contributed by atoms with E-state index in [1.165, 1.54) is 12.1 Å². The van der Waals surface area contributed by atoms with Gasteiger partial charge >= 0.3 is 12.0 Å². The summed E-state index contributed by atoms with van der Waals surface area (Å²) in [6, 6.07) is 4.48. The summed E-state index contributed by atoms with van der Waals surface area (Å²) in [6.45, 7) is 6.61. The third-order valence-corrected chi connectivity index (χ3v) is 2.46. The second-order valence-electron chi connectivity index (χ2n) is 5.28. The van der Waals surface area contributed by atoms with Crippen LogP contribution >= 0.6 is 0 Å². The Morgan fingerprint density at radius 1 is 1.35 bits per heavy atom. The van der Waals surface area contributed by atoms with Crippen LogP contribution in [0.4, 0.5) is 0 Å². The molecular formula is C14H17NO5. The highest BCUT2D eigenvalue weighted by Crippen LogP contribution is 2.21. The molecule has 6 nitrogen and oxygen atoms in total. The summed E-state index contributed by atoms with van der Waals surface area (Å²) in [5.74, 6) is -1.01. The van der Waals surface area contributed by atoms with Gasteiger partial charge in [0.05, 0.1) is 17.8 Å². The molecule has 2 aromatic rings. The highest BCUT2D eigenvalue weighted by atomic mass is 16.6. The fourth-order valence-electron chi connectivity index (χ4n) is 1.58. The minimum Gasteiger partial charge on any atom is -0.478 e. The maximum Gasteiger partial charge on any atom is 0.394 e. The number of carboxylic acids is 1. The molecule has 6 heteroatoms. The first kappa shape index (κ1) is 14.3. The van der Waals surface area contributed by atoms with Crippen molar-refractivity contribution in [3.8, 4) is 6.08 Å². The predicted molar refractivity (Wildman–Crippen MR) is 72.2 cm³/mol. The van der Waals surface area contributed by atoms with Crippen LogP contribution in [-0.4, -0.2) is 34.9 Å². The van der Waals surface area contributed by atoms with Crippen LogP contribution in [-0.2, 0) is 4.74 Å². The molecule has 0 fully saturated rings. The maximum absolute atomic E-state index is 10.8. The van der Waals surface area contributed by atoms with Gasteiger partial charge in [-0.2, -0.15) is 4.98 Å². The Bertz CT molecular complexity index is 612. The molecule has 0 bridgehead atoms. The zero-order valence-corrected chi connectivity index (χ0v) is 11.7. The molecule has 1 aromatic carbocycles. The average Bonchev–Trinajstić information content (AvgIpc) is 2.75. The molecule has 0 aliphatic heterocycles. The van der Waals surface area contributed by atoms with E-state index < -0.39 is 5.97 Å². The van der Waals surface area contributed by atoms with Gasteiger partial charge in [-0.15, -0.1) is 0 Å². The summed E-state index contributed by atoms with van der Waals surface area (Å²) >= 11 is 0. The Kier molecular flexibility index (Phi) is 3.94. The number of fused-ring (bicyclic) bond motifs is 1. The van der Waals surface area contributed by atoms with Gasteiger partial charge in [0.15, 0.2) is 5.58 Å². The van der Waals surface area contributed by atoms with Crippen molar-refractivity contribution in [1.29, 1.82) is 0 Å². The fraction of sp³-hybridized carbons (Fsp3) is 0.429. The van der Waals surface area contributed by atoms with Crippen molar-refractivity contribution in [2.24, 2.45) is 0 Å². The van der Waals surface area contributed by atoms with Gasteiger partial charge in [-0.05, 0) is 39.0 Å². The topological polar surface area (TPSA) is 81.8 Å². The zero-order chi connectivity index (χ0) is 14.8. The van der Waals surface area contributed by atoms with E-state index in [4.69, 9.17) is 19.0 Å². The number of aromatic carboxylic acids is 1. The van der Waals surface area contributed by atoms with E-state index in [1.807, 2.05) is 20.8 Å². The van der Waals surface area contributed by atoms with Crippen molar-refractivity contribution in [3.05, 3.63) is 23.8 Å². The molecule has 0 saturated carbocycles. The Morgan fingerprint density at radius 3 is 2.75 bits per heavy atom. The largest absolute Gasteiger partial charge is 0.478 e. The molecule has 0 amide bonds. The van der Waals surface area contributed by atoms with Gasteiger partial charge in [-0.1, -0.05) is 0 Å². The van der Waals surface area contributed by atoms with Gasteiger partial charge in [-0.3, -0.25) is 0 Å². The Hall–Kier alpha value is -2.08. The van der Waals surface area contributed by atoms with Gasteiger partial charge in [0.25, 0.3) is 0 Å². The lowest BCUT2D eigenvalue weighted by molar-refractivity contribution is -0.0194. The molecule has 0 spiro atoms. The third kappa shape index (κ3) is 3.71. The molecule has 1 aromatic heterocycles. The van der Waals surface area contributed by atoms with Gasteiger partial charge in [-0.25, -0.2) is 4.79 Å². The molecule has 108 valence electrons. The van der Waals surface area contributed by atoms with Crippen LogP contribution in [0.25, 0.3) is 11.1 Å². The number of carbonyl (C=O) groups is 1. The molecule has 2 rings (SSSR count). The van der Waals surface area contributed by atoms with E-state index >= 15 is 0 Å². The SMILES string of the molecule is CC(C)(C)OCCOc1nc2ccc(C(=O)O)cc2o1. The first-order valence-electron chi connectivity index (χ1n) is 6.26. The second kappa shape index (κ2) is 5.50. The second-order valence-corrected chi connectivity index (χ2v) is 5.28. The van der Waals surface area contributed by atoms with Crippen molar-refractivity contribution in [2.45, 2.75) is 26.4 Å². The van der Waals surface area contributed by atoms with Gasteiger partial charge in [0.2, 0.25) is 0 Å². The molecule has 0 unspecified atom stereocenters. The van der Waals surface area contributed by atoms with Crippen molar-refractivity contribution in [3.63, 3.8) is 0 Å². The Morgan fingerprint density at radius 2 is 2.10 bits per heavy atom. The van der Waals surface area contributed by atoms with Gasteiger partial charge in [0.1, 0.15) is 12.1 Å². The molecule has 0 aliphatic rings. The summed E-state index contributed by atoms with van der Waals surface area (Å²) in [5, 5.41) is 8.89. The number of benzene rings is 1. The highest BCUT2D eigenvalue weighted by Gasteiger charge is 2.12. The van der Waals surface area contributed by atoms with E-state index in [1.54, 1.807) is 6.07 Å². The van der Waals surface area contributed by atoms with E-state index in [2.05, 4.69) is 4.98 Å². The number of oxazole rings is 1. The summed E-state index contributed by atoms with van der Waals surface area (Å²) in [7, 11) is 0. The number of hydrogen-bond acceptors (Lipinski definition) is 5. The zero-order valence-electron chi connectivity index (χ0n) is 11.7. The van der Waals surface area contributed by atoms with E-state index in [0.29, 0.717) is 24.3 Å². The lowest BCUT2D eigenvalue weighted by Crippen LogP contribution is -2.22. The summed E-state index contributed by atoms with van der Waals surface area (Å²) < 4.78 is 16.2. The van der Waals surface area contributed by atoms with E-state index in [0.717, 1.165) is 0 Å². The molecule has 0 radical (unpaired) electrons. The van der Waals surface area contributed by atoms with E-state index in [9.17, 15) is 4.79 Å². The van der Waals surface area contributed by atoms with Crippen molar-refractivity contribution in [1.82, 2.24) is 4.98 Å². The summed E-state index contributed by atoms with van der Waals surface area (Å²) in [6.07, 6.45) is 0.111. The minimum absolute atomic E-state index is 0.111. The monoisotopic (exact) mass is 279 g/mol. The van der Waals surface area contributed by atoms with Crippen molar-refractivity contribution >= 4 is 17.1 Å². The number of carboxylic acid groups (broad SMARTS) is 1. The molecule has 0 aliphatic carbocycles. The van der Waals surface area contributed by atoms with Gasteiger partial charge < -0.3 is 19.0 Å². The molecule has 20 heavy (non-hydrogen) atoms. The standard InChI is InChI=1S/C14H17NO5/c1-14(2,3)19-7-6-18-13-15-10-5-4-9(12(16)17)8-11(10)20-13/h4-5,8H,6-7H2,1-3H3,(H,16,17). The van der Waals surface area contributed by atoms with Crippen molar-refractivity contribution < 1.29 is 23.8 Å². The summed E-state index contributed by atoms with van der Waals surface area (Å²) in [4.78, 5) is 15.0. The van der Waals surface area contributed by atoms with Crippen LogP contribution in [0.2, 0.25) is 0 Å². The van der Waals surface area contributed by atoms with Gasteiger partial charge in [0, 0.05) is 0 Å². The molecule has 0 atom stereocenters. The smallest absolute Gasteiger partial charge is 0.394 e. The fourth-order valence-corrected chi connectivity index (χ4v) is 1.58. The number of nitrogens with zero attached hydrogens (tertiary/aromatic N) is 1. The Balaban J connectivity index is 1.99. The van der Waals surface area contributed by atoms with Crippen LogP contribution in [0, 0.1) is 0 Å². The number of rotatable bonds is 5. The lowest BCUT2D eigenvalue weighted by Gasteiger charge is -2.18. The van der Waals surface area contributed by atoms with Crippen LogP contribution in [0.5, 0.6) is 6.08 Å². The van der Waals surface area contributed by atoms with Crippen molar-refractivity contribution in [2.75, 3.05) is 13.2 Å². The van der Waals surface area contributed by atoms with Crippen LogP contribution in [0.1, 0.15) is 31.1 Å². The predicted octanol–water partition coefficient (Wildman–Crippen LogP) is 2.72. The molecule has 1 heterocycles. The molecule has 0 saturated heterocycles. The molecule has 1 N–H and O–H groups in total. The number of ether oxygens (including phenoxy) is 2. The maximum atomic E-state index is 10.8. The minimum atomic E-state index is -1.01. The highest BCUT2D eigenvalue weighted by molar-refractivity contribution is 5.91. The number of hydrogen-bond donors (Lipinski definition) is 1. The third-order valence-electron chi connectivity index (χ3n) is 2.46. The Labute approximate surface area is 116 Å². The first-order valence-corrected chi connectivity index (χ1v) is 6.26. The summed E-state index contributed by atoms with van der Waals surface area (Å²) in [5.41, 5.74) is 0.871. The van der Waals surface area contributed by atoms with Crippen LogP contribution in [0.3, 0.4) is 0 Å². The quantitative estimate of drug-likeness (QED) is 0.847. The van der Waals surface area contributed by atoms with Crippen LogP contribution in [0.15, 0.2) is 22.6 Å². The lowest BCUT2D eigenvalue weighted by atomic mass is 10.2. The van der Waals surface area contributed by atoms with E-state index in [-0.39, 0.29) is 17.2 Å². The number of aromatic nitrogens is 1. The first-order chi connectivity index (χ1) is 9.35. The average molecular weight is 279 g/mol. The van der Waals surface area contributed by atoms with Crippen LogP contribution < -0.4 is 4.74 Å². The molecular weight excluding hydrogens is 262 g/mol.